The summed E-state index contributed by atoms with van der Waals surface area (Å²) in [5, 5.41) is 0. The molecule has 0 unspecified atom stereocenters. The molecule has 0 atom stereocenters. The summed E-state index contributed by atoms with van der Waals surface area (Å²) in [6, 6.07) is 3.97. The predicted molar refractivity (Wildman–Crippen MR) is 68.8 cm³/mol. The van der Waals surface area contributed by atoms with E-state index in [1.54, 1.807) is 0 Å². The molecule has 0 bridgehead atoms. The van der Waals surface area contributed by atoms with E-state index >= 15 is 0 Å². The molecule has 1 aliphatic rings. The van der Waals surface area contributed by atoms with Crippen molar-refractivity contribution in [3.8, 4) is 0 Å². The molecule has 20 heavy (non-hydrogen) atoms. The van der Waals surface area contributed by atoms with Crippen LogP contribution in [0.25, 0.3) is 0 Å². The second kappa shape index (κ2) is 5.55. The van der Waals surface area contributed by atoms with Crippen LogP contribution >= 0.6 is 15.9 Å². The lowest BCUT2D eigenvalue weighted by atomic mass is 10.1. The van der Waals surface area contributed by atoms with Crippen LogP contribution in [-0.2, 0) is 0 Å². The van der Waals surface area contributed by atoms with Crippen molar-refractivity contribution in [1.29, 1.82) is 0 Å². The standard InChI is InChI=1S/C13H10BrF4NO/c14-9-1-2-10(11(15)7-9)12(20)19-5-3-8(4-6-19)13(16,17)18/h1-3,7H,4-6H2. The first kappa shape index (κ1) is 15.0. The number of carbonyl (C=O) groups excluding carboxylic acids is 1. The molecule has 0 saturated carbocycles. The Morgan fingerprint density at radius 2 is 2.00 bits per heavy atom. The zero-order valence-corrected chi connectivity index (χ0v) is 11.8. The van der Waals surface area contributed by atoms with Crippen molar-refractivity contribution in [2.24, 2.45) is 0 Å². The highest BCUT2D eigenvalue weighted by atomic mass is 79.9. The highest BCUT2D eigenvalue weighted by molar-refractivity contribution is 9.10. The first-order chi connectivity index (χ1) is 9.29. The average molecular weight is 352 g/mol. The molecule has 0 spiro atoms. The Bertz CT molecular complexity index is 568. The Morgan fingerprint density at radius 1 is 1.30 bits per heavy atom. The second-order valence-electron chi connectivity index (χ2n) is 4.35. The zero-order chi connectivity index (χ0) is 14.9. The van der Waals surface area contributed by atoms with E-state index in [0.29, 0.717) is 4.47 Å². The predicted octanol–water partition coefficient (Wildman–Crippen LogP) is 3.92. The lowest BCUT2D eigenvalue weighted by Crippen LogP contribution is -2.37. The summed E-state index contributed by atoms with van der Waals surface area (Å²) in [6.45, 7) is -0.233. The number of benzene rings is 1. The molecule has 1 aromatic rings. The number of alkyl halides is 3. The maximum atomic E-state index is 13.6. The van der Waals surface area contributed by atoms with Gasteiger partial charge in [-0.2, -0.15) is 13.2 Å². The van der Waals surface area contributed by atoms with Crippen LogP contribution in [0.5, 0.6) is 0 Å². The van der Waals surface area contributed by atoms with Crippen molar-refractivity contribution < 1.29 is 22.4 Å². The van der Waals surface area contributed by atoms with Crippen molar-refractivity contribution in [2.45, 2.75) is 12.6 Å². The molecule has 0 fully saturated rings. The summed E-state index contributed by atoms with van der Waals surface area (Å²) in [7, 11) is 0. The van der Waals surface area contributed by atoms with Gasteiger partial charge in [-0.1, -0.05) is 22.0 Å². The number of halogens is 5. The minimum absolute atomic E-state index is 0.0698. The Kier molecular flexibility index (Phi) is 4.17. The van der Waals surface area contributed by atoms with Crippen LogP contribution in [0, 0.1) is 5.82 Å². The highest BCUT2D eigenvalue weighted by Gasteiger charge is 2.35. The summed E-state index contributed by atoms with van der Waals surface area (Å²) < 4.78 is 51.5. The van der Waals surface area contributed by atoms with Gasteiger partial charge in [0.25, 0.3) is 5.91 Å². The normalized spacial score (nSPS) is 16.1. The summed E-state index contributed by atoms with van der Waals surface area (Å²) in [6.07, 6.45) is -3.66. The molecule has 0 radical (unpaired) electrons. The first-order valence-electron chi connectivity index (χ1n) is 5.79. The largest absolute Gasteiger partial charge is 0.412 e. The van der Waals surface area contributed by atoms with Crippen LogP contribution in [0.4, 0.5) is 17.6 Å². The summed E-state index contributed by atoms with van der Waals surface area (Å²) in [4.78, 5) is 13.2. The SMILES string of the molecule is O=C(c1ccc(Br)cc1F)N1CC=C(C(F)(F)F)CC1. The highest BCUT2D eigenvalue weighted by Crippen LogP contribution is 2.30. The zero-order valence-electron chi connectivity index (χ0n) is 10.2. The Morgan fingerprint density at radius 3 is 2.50 bits per heavy atom. The molecule has 2 nitrogen and oxygen atoms in total. The van der Waals surface area contributed by atoms with Crippen LogP contribution in [0.15, 0.2) is 34.3 Å². The third kappa shape index (κ3) is 3.20. The van der Waals surface area contributed by atoms with Gasteiger partial charge in [-0.25, -0.2) is 4.39 Å². The van der Waals surface area contributed by atoms with Crippen LogP contribution in [0.1, 0.15) is 16.8 Å². The van der Waals surface area contributed by atoms with E-state index in [1.165, 1.54) is 17.0 Å². The van der Waals surface area contributed by atoms with Gasteiger partial charge >= 0.3 is 6.18 Å². The van der Waals surface area contributed by atoms with Gasteiger partial charge in [0.2, 0.25) is 0 Å². The van der Waals surface area contributed by atoms with Gasteiger partial charge in [-0.15, -0.1) is 0 Å². The molecular formula is C13H10BrF4NO. The Hall–Kier alpha value is -1.37. The number of amides is 1. The molecule has 1 aromatic carbocycles. The average Bonchev–Trinajstić information content (AvgIpc) is 2.37. The van der Waals surface area contributed by atoms with Gasteiger partial charge < -0.3 is 4.90 Å². The van der Waals surface area contributed by atoms with Crippen LogP contribution in [-0.4, -0.2) is 30.1 Å². The minimum atomic E-state index is -4.36. The quantitative estimate of drug-likeness (QED) is 0.554. The van der Waals surface area contributed by atoms with E-state index in [2.05, 4.69) is 15.9 Å². The molecule has 108 valence electrons. The van der Waals surface area contributed by atoms with Gasteiger partial charge in [0.15, 0.2) is 0 Å². The number of hydrogen-bond donors (Lipinski definition) is 0. The smallest absolute Gasteiger partial charge is 0.334 e. The van der Waals surface area contributed by atoms with Gasteiger partial charge in [0, 0.05) is 23.1 Å². The maximum absolute atomic E-state index is 13.6. The number of nitrogens with zero attached hydrogens (tertiary/aromatic N) is 1. The van der Waals surface area contributed by atoms with Gasteiger partial charge in [0.05, 0.1) is 5.56 Å². The van der Waals surface area contributed by atoms with Crippen LogP contribution in [0.2, 0.25) is 0 Å². The maximum Gasteiger partial charge on any atom is 0.412 e. The van der Waals surface area contributed by atoms with Crippen LogP contribution in [0.3, 0.4) is 0 Å². The fourth-order valence-electron chi connectivity index (χ4n) is 1.94. The van der Waals surface area contributed by atoms with E-state index in [-0.39, 0.29) is 25.1 Å². The molecule has 0 aromatic heterocycles. The molecule has 0 N–H and O–H groups in total. The monoisotopic (exact) mass is 351 g/mol. The molecule has 0 saturated heterocycles. The van der Waals surface area contributed by atoms with Gasteiger partial charge in [-0.3, -0.25) is 4.79 Å². The summed E-state index contributed by atoms with van der Waals surface area (Å²) in [5.41, 5.74) is -0.783. The van der Waals surface area contributed by atoms with Gasteiger partial charge in [-0.05, 0) is 24.6 Å². The van der Waals surface area contributed by atoms with Gasteiger partial charge in [0.1, 0.15) is 5.82 Å². The van der Waals surface area contributed by atoms with Crippen molar-refractivity contribution in [3.05, 3.63) is 45.7 Å². The fourth-order valence-corrected chi connectivity index (χ4v) is 2.28. The molecule has 0 aliphatic carbocycles. The number of hydrogen-bond acceptors (Lipinski definition) is 1. The third-order valence-corrected chi connectivity index (χ3v) is 3.52. The van der Waals surface area contributed by atoms with E-state index in [0.717, 1.165) is 12.1 Å². The van der Waals surface area contributed by atoms with E-state index in [9.17, 15) is 22.4 Å². The van der Waals surface area contributed by atoms with Crippen molar-refractivity contribution in [2.75, 3.05) is 13.1 Å². The van der Waals surface area contributed by atoms with E-state index in [1.807, 2.05) is 0 Å². The van der Waals surface area contributed by atoms with Crippen molar-refractivity contribution in [3.63, 3.8) is 0 Å². The summed E-state index contributed by atoms with van der Waals surface area (Å²) >= 11 is 3.07. The molecule has 1 amide bonds. The molecule has 1 aliphatic heterocycles. The van der Waals surface area contributed by atoms with Crippen LogP contribution < -0.4 is 0 Å². The first-order valence-corrected chi connectivity index (χ1v) is 6.59. The molecule has 7 heteroatoms. The lowest BCUT2D eigenvalue weighted by molar-refractivity contribution is -0.0957. The molecule has 2 rings (SSSR count). The third-order valence-electron chi connectivity index (χ3n) is 3.02. The molecular weight excluding hydrogens is 342 g/mol. The minimum Gasteiger partial charge on any atom is -0.334 e. The van der Waals surface area contributed by atoms with E-state index < -0.39 is 23.5 Å². The molecule has 1 heterocycles. The Labute approximate surface area is 121 Å². The lowest BCUT2D eigenvalue weighted by Gasteiger charge is -2.27. The van der Waals surface area contributed by atoms with Crippen molar-refractivity contribution >= 4 is 21.8 Å². The summed E-state index contributed by atoms with van der Waals surface area (Å²) in [5.74, 6) is -1.30. The Balaban J connectivity index is 2.14. The van der Waals surface area contributed by atoms with E-state index in [4.69, 9.17) is 0 Å². The number of rotatable bonds is 1. The van der Waals surface area contributed by atoms with Crippen molar-refractivity contribution in [1.82, 2.24) is 4.90 Å². The number of carbonyl (C=O) groups is 1. The fraction of sp³-hybridized carbons (Fsp3) is 0.308. The topological polar surface area (TPSA) is 20.3 Å². The second-order valence-corrected chi connectivity index (χ2v) is 5.27.